The van der Waals surface area contributed by atoms with Crippen molar-refractivity contribution in [2.45, 2.75) is 45.3 Å². The molecule has 0 spiro atoms. The number of piperazine rings is 1. The van der Waals surface area contributed by atoms with Gasteiger partial charge in [-0.1, -0.05) is 78.9 Å². The molecule has 1 saturated heterocycles. The third kappa shape index (κ3) is 5.33. The summed E-state index contributed by atoms with van der Waals surface area (Å²) in [4.78, 5) is 21.8. The van der Waals surface area contributed by atoms with Gasteiger partial charge in [-0.15, -0.1) is 5.10 Å². The maximum absolute atomic E-state index is 13.7. The molecule has 0 bridgehead atoms. The second-order valence-electron chi connectivity index (χ2n) is 11.9. The Morgan fingerprint density at radius 2 is 1.37 bits per heavy atom. The standard InChI is InChI=1S/C33H37N7O/c1-23-12-11-17-26-22-27(32(41)34-28(23)26)30(31-35-36-37-40(31)33(2,3)4)39-20-18-38(19-21-39)29(24-13-7-5-8-14-24)25-15-9-6-10-16-25/h5-17,22,29-30H,18-21H2,1-4H3,(H,34,41)/t30-/m0/s1. The third-order valence-corrected chi connectivity index (χ3v) is 8.09. The van der Waals surface area contributed by atoms with Gasteiger partial charge in [-0.25, -0.2) is 4.68 Å². The lowest BCUT2D eigenvalue weighted by molar-refractivity contribution is 0.0839. The number of aromatic nitrogens is 5. The van der Waals surface area contributed by atoms with Crippen molar-refractivity contribution in [2.24, 2.45) is 0 Å². The van der Waals surface area contributed by atoms with E-state index in [1.165, 1.54) is 11.1 Å². The first kappa shape index (κ1) is 27.1. The van der Waals surface area contributed by atoms with Gasteiger partial charge >= 0.3 is 0 Å². The normalized spacial score (nSPS) is 15.9. The molecular weight excluding hydrogens is 510 g/mol. The summed E-state index contributed by atoms with van der Waals surface area (Å²) in [7, 11) is 0. The van der Waals surface area contributed by atoms with Crippen molar-refractivity contribution in [1.82, 2.24) is 35.0 Å². The van der Waals surface area contributed by atoms with Gasteiger partial charge in [-0.3, -0.25) is 14.6 Å². The Morgan fingerprint density at radius 1 is 0.780 bits per heavy atom. The number of hydrogen-bond acceptors (Lipinski definition) is 6. The average Bonchev–Trinajstić information content (AvgIpc) is 3.47. The van der Waals surface area contributed by atoms with Gasteiger partial charge in [0.05, 0.1) is 17.1 Å². The SMILES string of the molecule is Cc1cccc2cc([C@@H](c3nnnn3C(C)(C)C)N3CCN(C(c4ccccc4)c4ccccc4)CC3)c(=O)[nH]c12. The molecule has 0 amide bonds. The van der Waals surface area contributed by atoms with E-state index in [2.05, 4.69) is 112 Å². The first-order valence-corrected chi connectivity index (χ1v) is 14.3. The number of aromatic amines is 1. The summed E-state index contributed by atoms with van der Waals surface area (Å²) < 4.78 is 1.86. The number of benzene rings is 3. The quantitative estimate of drug-likeness (QED) is 0.320. The summed E-state index contributed by atoms with van der Waals surface area (Å²) in [6, 6.07) is 29.3. The van der Waals surface area contributed by atoms with Gasteiger partial charge in [-0.05, 0) is 66.3 Å². The second-order valence-corrected chi connectivity index (χ2v) is 11.9. The average molecular weight is 548 g/mol. The molecule has 1 aliphatic rings. The predicted molar refractivity (Wildman–Crippen MR) is 162 cm³/mol. The lowest BCUT2D eigenvalue weighted by Gasteiger charge is -2.42. The Hall–Kier alpha value is -4.14. The number of para-hydroxylation sites is 1. The Morgan fingerprint density at radius 3 is 1.95 bits per heavy atom. The topological polar surface area (TPSA) is 82.9 Å². The van der Waals surface area contributed by atoms with Crippen LogP contribution >= 0.6 is 0 Å². The number of H-pyrrole nitrogens is 1. The summed E-state index contributed by atoms with van der Waals surface area (Å²) in [6.45, 7) is 11.5. The fourth-order valence-corrected chi connectivity index (χ4v) is 6.08. The number of nitrogens with zero attached hydrogens (tertiary/aromatic N) is 6. The van der Waals surface area contributed by atoms with Crippen LogP contribution in [0.2, 0.25) is 0 Å². The minimum Gasteiger partial charge on any atom is -0.321 e. The summed E-state index contributed by atoms with van der Waals surface area (Å²) in [5.41, 5.74) is 4.69. The molecule has 41 heavy (non-hydrogen) atoms. The minimum atomic E-state index is -0.382. The number of pyridine rings is 1. The minimum absolute atomic E-state index is 0.103. The van der Waals surface area contributed by atoms with Crippen molar-refractivity contribution < 1.29 is 0 Å². The first-order chi connectivity index (χ1) is 19.8. The molecule has 1 atom stereocenters. The van der Waals surface area contributed by atoms with E-state index in [0.29, 0.717) is 11.4 Å². The van der Waals surface area contributed by atoms with Crippen molar-refractivity contribution in [3.8, 4) is 0 Å². The number of aryl methyl sites for hydroxylation is 1. The molecule has 5 aromatic rings. The van der Waals surface area contributed by atoms with E-state index >= 15 is 0 Å². The molecule has 8 heteroatoms. The van der Waals surface area contributed by atoms with E-state index in [9.17, 15) is 4.79 Å². The third-order valence-electron chi connectivity index (χ3n) is 8.09. The van der Waals surface area contributed by atoms with Gasteiger partial charge in [-0.2, -0.15) is 0 Å². The van der Waals surface area contributed by atoms with Crippen LogP contribution < -0.4 is 5.56 Å². The van der Waals surface area contributed by atoms with Crippen LogP contribution in [-0.2, 0) is 5.54 Å². The second kappa shape index (κ2) is 11.0. The summed E-state index contributed by atoms with van der Waals surface area (Å²) >= 11 is 0. The van der Waals surface area contributed by atoms with E-state index in [-0.39, 0.29) is 23.2 Å². The lowest BCUT2D eigenvalue weighted by Crippen LogP contribution is -2.50. The van der Waals surface area contributed by atoms with Crippen molar-refractivity contribution in [2.75, 3.05) is 26.2 Å². The Bertz CT molecular complexity index is 1640. The molecule has 3 heterocycles. The highest BCUT2D eigenvalue weighted by atomic mass is 16.1. The van der Waals surface area contributed by atoms with Crippen molar-refractivity contribution in [3.63, 3.8) is 0 Å². The van der Waals surface area contributed by atoms with E-state index in [0.717, 1.165) is 42.6 Å². The monoisotopic (exact) mass is 547 g/mol. The van der Waals surface area contributed by atoms with E-state index in [1.807, 2.05) is 35.9 Å². The summed E-state index contributed by atoms with van der Waals surface area (Å²) in [5, 5.41) is 14.0. The molecule has 8 nitrogen and oxygen atoms in total. The van der Waals surface area contributed by atoms with Crippen molar-refractivity contribution in [3.05, 3.63) is 123 Å². The van der Waals surface area contributed by atoms with E-state index < -0.39 is 0 Å². The highest BCUT2D eigenvalue weighted by molar-refractivity contribution is 5.82. The Labute approximate surface area is 240 Å². The van der Waals surface area contributed by atoms with Crippen LogP contribution in [0.25, 0.3) is 10.9 Å². The first-order valence-electron chi connectivity index (χ1n) is 14.3. The van der Waals surface area contributed by atoms with E-state index in [4.69, 9.17) is 0 Å². The zero-order valence-electron chi connectivity index (χ0n) is 24.2. The highest BCUT2D eigenvalue weighted by Crippen LogP contribution is 2.34. The zero-order chi connectivity index (χ0) is 28.6. The molecule has 3 aromatic carbocycles. The van der Waals surface area contributed by atoms with Gasteiger partial charge in [0, 0.05) is 31.7 Å². The molecule has 1 N–H and O–H groups in total. The fourth-order valence-electron chi connectivity index (χ4n) is 6.08. The maximum atomic E-state index is 13.7. The smallest absolute Gasteiger partial charge is 0.253 e. The zero-order valence-corrected chi connectivity index (χ0v) is 24.2. The van der Waals surface area contributed by atoms with Crippen LogP contribution in [0.15, 0.2) is 89.7 Å². The van der Waals surface area contributed by atoms with Gasteiger partial charge in [0.15, 0.2) is 5.82 Å². The number of tetrazole rings is 1. The van der Waals surface area contributed by atoms with Crippen LogP contribution in [0.5, 0.6) is 0 Å². The highest BCUT2D eigenvalue weighted by Gasteiger charge is 2.36. The molecule has 0 aliphatic carbocycles. The van der Waals surface area contributed by atoms with Crippen molar-refractivity contribution >= 4 is 10.9 Å². The number of nitrogens with one attached hydrogen (secondary N) is 1. The number of hydrogen-bond donors (Lipinski definition) is 1. The van der Waals surface area contributed by atoms with Crippen LogP contribution in [0.4, 0.5) is 0 Å². The Balaban J connectivity index is 1.38. The van der Waals surface area contributed by atoms with Gasteiger partial charge in [0.1, 0.15) is 6.04 Å². The van der Waals surface area contributed by atoms with Crippen LogP contribution in [-0.4, -0.2) is 61.2 Å². The molecule has 0 radical (unpaired) electrons. The predicted octanol–water partition coefficient (Wildman–Crippen LogP) is 5.07. The van der Waals surface area contributed by atoms with Gasteiger partial charge in [0.2, 0.25) is 0 Å². The fraction of sp³-hybridized carbons (Fsp3) is 0.333. The van der Waals surface area contributed by atoms with Crippen LogP contribution in [0.3, 0.4) is 0 Å². The summed E-state index contributed by atoms with van der Waals surface area (Å²) in [5.74, 6) is 0.686. The molecule has 1 aliphatic heterocycles. The number of fused-ring (bicyclic) bond motifs is 1. The Kier molecular flexibility index (Phi) is 7.28. The van der Waals surface area contributed by atoms with Crippen LogP contribution in [0.1, 0.15) is 60.9 Å². The van der Waals surface area contributed by atoms with Gasteiger partial charge < -0.3 is 4.98 Å². The lowest BCUT2D eigenvalue weighted by atomic mass is 9.95. The summed E-state index contributed by atoms with van der Waals surface area (Å²) in [6.07, 6.45) is 0. The van der Waals surface area contributed by atoms with Crippen LogP contribution in [0, 0.1) is 6.92 Å². The molecule has 1 fully saturated rings. The molecule has 210 valence electrons. The molecule has 0 unspecified atom stereocenters. The maximum Gasteiger partial charge on any atom is 0.253 e. The largest absolute Gasteiger partial charge is 0.321 e. The van der Waals surface area contributed by atoms with E-state index in [1.54, 1.807) is 0 Å². The number of rotatable bonds is 6. The molecular formula is C33H37N7O. The molecule has 0 saturated carbocycles. The molecule has 2 aromatic heterocycles. The van der Waals surface area contributed by atoms with Crippen molar-refractivity contribution in [1.29, 1.82) is 0 Å². The molecule has 6 rings (SSSR count). The van der Waals surface area contributed by atoms with Gasteiger partial charge in [0.25, 0.3) is 5.56 Å².